The van der Waals surface area contributed by atoms with E-state index in [1.54, 1.807) is 24.3 Å². The third-order valence-electron chi connectivity index (χ3n) is 4.82. The van der Waals surface area contributed by atoms with E-state index in [4.69, 9.17) is 5.26 Å². The van der Waals surface area contributed by atoms with Crippen LogP contribution < -0.4 is 5.32 Å². The van der Waals surface area contributed by atoms with Crippen molar-refractivity contribution in [3.63, 3.8) is 0 Å². The van der Waals surface area contributed by atoms with E-state index in [9.17, 15) is 4.79 Å². The monoisotopic (exact) mass is 366 g/mol. The van der Waals surface area contributed by atoms with Crippen molar-refractivity contribution >= 4 is 22.6 Å². The van der Waals surface area contributed by atoms with E-state index < -0.39 is 0 Å². The number of hydrogen-bond acceptors (Lipinski definition) is 3. The van der Waals surface area contributed by atoms with Crippen LogP contribution in [0.2, 0.25) is 0 Å². The average Bonchev–Trinajstić information content (AvgIpc) is 3.10. The van der Waals surface area contributed by atoms with Gasteiger partial charge in [-0.2, -0.15) is 10.4 Å². The minimum Gasteiger partial charge on any atom is -0.305 e. The maximum atomic E-state index is 12.5. The molecule has 0 saturated heterocycles. The highest BCUT2D eigenvalue weighted by Gasteiger charge is 2.13. The van der Waals surface area contributed by atoms with E-state index >= 15 is 0 Å². The highest BCUT2D eigenvalue weighted by atomic mass is 16.1. The molecule has 0 radical (unpaired) electrons. The molecule has 4 rings (SSSR count). The lowest BCUT2D eigenvalue weighted by Gasteiger charge is -2.10. The fraction of sp³-hybridized carbons (Fsp3) is 0.0870. The Morgan fingerprint density at radius 3 is 2.54 bits per heavy atom. The topological polar surface area (TPSA) is 81.6 Å². The van der Waals surface area contributed by atoms with Crippen molar-refractivity contribution in [1.82, 2.24) is 10.2 Å². The van der Waals surface area contributed by atoms with Gasteiger partial charge in [-0.25, -0.2) is 0 Å². The molecule has 1 aromatic heterocycles. The number of nitrogens with zero attached hydrogens (tertiary/aromatic N) is 2. The number of rotatable bonds is 3. The molecule has 0 spiro atoms. The molecule has 0 unspecified atom stereocenters. The molecule has 0 saturated carbocycles. The van der Waals surface area contributed by atoms with Gasteiger partial charge < -0.3 is 5.32 Å². The quantitative estimate of drug-likeness (QED) is 0.537. The maximum absolute atomic E-state index is 12.5. The molecule has 0 atom stereocenters. The highest BCUT2D eigenvalue weighted by Crippen LogP contribution is 2.31. The summed E-state index contributed by atoms with van der Waals surface area (Å²) in [5.41, 5.74) is 6.44. The number of benzene rings is 3. The van der Waals surface area contributed by atoms with E-state index in [0.29, 0.717) is 16.9 Å². The third-order valence-corrected chi connectivity index (χ3v) is 4.82. The molecule has 2 N–H and O–H groups in total. The van der Waals surface area contributed by atoms with Crippen molar-refractivity contribution in [3.8, 4) is 17.2 Å². The molecule has 1 amide bonds. The number of H-pyrrole nitrogens is 1. The Bertz CT molecular complexity index is 1230. The Balaban J connectivity index is 1.67. The van der Waals surface area contributed by atoms with Crippen LogP contribution in [0.4, 0.5) is 5.82 Å². The first kappa shape index (κ1) is 17.5. The summed E-state index contributed by atoms with van der Waals surface area (Å²) in [5, 5.41) is 19.9. The van der Waals surface area contributed by atoms with Gasteiger partial charge in [0.25, 0.3) is 5.91 Å². The molecular formula is C23H18N4O. The number of hydrogen-bond donors (Lipinski definition) is 2. The summed E-state index contributed by atoms with van der Waals surface area (Å²) in [4.78, 5) is 12.5. The molecule has 3 aromatic carbocycles. The highest BCUT2D eigenvalue weighted by molar-refractivity contribution is 6.08. The number of nitrogens with one attached hydrogen (secondary N) is 2. The molecule has 136 valence electrons. The lowest BCUT2D eigenvalue weighted by atomic mass is 9.95. The predicted molar refractivity (Wildman–Crippen MR) is 110 cm³/mol. The Morgan fingerprint density at radius 2 is 1.79 bits per heavy atom. The van der Waals surface area contributed by atoms with Crippen LogP contribution >= 0.6 is 0 Å². The number of aromatic nitrogens is 2. The van der Waals surface area contributed by atoms with Gasteiger partial charge in [-0.3, -0.25) is 9.89 Å². The molecule has 5 heteroatoms. The van der Waals surface area contributed by atoms with Gasteiger partial charge in [0.2, 0.25) is 0 Å². The first-order valence-electron chi connectivity index (χ1n) is 8.93. The second kappa shape index (κ2) is 7.01. The molecule has 0 aliphatic carbocycles. The zero-order valence-electron chi connectivity index (χ0n) is 15.6. The van der Waals surface area contributed by atoms with Crippen molar-refractivity contribution in [2.45, 2.75) is 13.8 Å². The van der Waals surface area contributed by atoms with Crippen LogP contribution in [0, 0.1) is 25.2 Å². The van der Waals surface area contributed by atoms with Crippen LogP contribution in [0.1, 0.15) is 27.0 Å². The Labute approximate surface area is 162 Å². The number of anilines is 1. The van der Waals surface area contributed by atoms with Gasteiger partial charge in [-0.05, 0) is 66.4 Å². The number of fused-ring (bicyclic) bond motifs is 1. The van der Waals surface area contributed by atoms with E-state index in [-0.39, 0.29) is 5.91 Å². The van der Waals surface area contributed by atoms with Gasteiger partial charge in [0.05, 0.1) is 17.1 Å². The third kappa shape index (κ3) is 3.12. The van der Waals surface area contributed by atoms with Crippen LogP contribution in [0.15, 0.2) is 60.7 Å². The van der Waals surface area contributed by atoms with Crippen molar-refractivity contribution < 1.29 is 4.79 Å². The number of nitriles is 1. The largest absolute Gasteiger partial charge is 0.305 e. The van der Waals surface area contributed by atoms with Gasteiger partial charge in [0.1, 0.15) is 0 Å². The Morgan fingerprint density at radius 1 is 1.04 bits per heavy atom. The van der Waals surface area contributed by atoms with Crippen molar-refractivity contribution in [2.24, 2.45) is 0 Å². The molecule has 0 fully saturated rings. The number of amides is 1. The molecule has 5 nitrogen and oxygen atoms in total. The predicted octanol–water partition coefficient (Wildman–Crippen LogP) is 4.97. The summed E-state index contributed by atoms with van der Waals surface area (Å²) >= 11 is 0. The fourth-order valence-electron chi connectivity index (χ4n) is 3.45. The minimum absolute atomic E-state index is 0.302. The lowest BCUT2D eigenvalue weighted by Crippen LogP contribution is -2.12. The smallest absolute Gasteiger partial charge is 0.256 e. The van der Waals surface area contributed by atoms with Gasteiger partial charge in [-0.1, -0.05) is 30.3 Å². The Kier molecular flexibility index (Phi) is 4.38. The number of carbonyl (C=O) groups is 1. The second-order valence-corrected chi connectivity index (χ2v) is 6.75. The molecule has 1 heterocycles. The number of aromatic amines is 1. The van der Waals surface area contributed by atoms with E-state index in [0.717, 1.165) is 16.5 Å². The molecule has 0 aliphatic heterocycles. The fourth-order valence-corrected chi connectivity index (χ4v) is 3.45. The van der Waals surface area contributed by atoms with E-state index in [1.807, 2.05) is 24.3 Å². The van der Waals surface area contributed by atoms with Crippen LogP contribution in [0.25, 0.3) is 22.0 Å². The van der Waals surface area contributed by atoms with Crippen molar-refractivity contribution in [2.75, 3.05) is 5.32 Å². The molecule has 28 heavy (non-hydrogen) atoms. The van der Waals surface area contributed by atoms with Crippen molar-refractivity contribution in [3.05, 3.63) is 82.9 Å². The molecular weight excluding hydrogens is 348 g/mol. The van der Waals surface area contributed by atoms with E-state index in [2.05, 4.69) is 47.6 Å². The number of carbonyl (C=O) groups excluding carboxylic acids is 1. The summed E-state index contributed by atoms with van der Waals surface area (Å²) in [6, 6.07) is 20.9. The standard InChI is InChI=1S/C23H18N4O/c1-14-5-3-6-15(2)21(14)17-9-10-19-20(12-17)26-27-22(19)25-23(28)18-8-4-7-16(11-18)13-24/h3-12H,1-2H3,(H2,25,26,27,28). The Hall–Kier alpha value is -3.91. The van der Waals surface area contributed by atoms with Gasteiger partial charge in [-0.15, -0.1) is 0 Å². The molecule has 0 aliphatic rings. The van der Waals surface area contributed by atoms with Crippen LogP contribution in [0.5, 0.6) is 0 Å². The first-order valence-corrected chi connectivity index (χ1v) is 8.93. The zero-order valence-corrected chi connectivity index (χ0v) is 15.6. The second-order valence-electron chi connectivity index (χ2n) is 6.75. The molecule has 4 aromatic rings. The average molecular weight is 366 g/mol. The summed E-state index contributed by atoms with van der Waals surface area (Å²) < 4.78 is 0. The van der Waals surface area contributed by atoms with Gasteiger partial charge in [0.15, 0.2) is 5.82 Å². The van der Waals surface area contributed by atoms with Crippen molar-refractivity contribution in [1.29, 1.82) is 5.26 Å². The van der Waals surface area contributed by atoms with Crippen LogP contribution in [0.3, 0.4) is 0 Å². The summed E-state index contributed by atoms with van der Waals surface area (Å²) in [7, 11) is 0. The van der Waals surface area contributed by atoms with Gasteiger partial charge in [0, 0.05) is 10.9 Å². The lowest BCUT2D eigenvalue weighted by molar-refractivity contribution is 0.102. The van der Waals surface area contributed by atoms with Gasteiger partial charge >= 0.3 is 0 Å². The first-order chi connectivity index (χ1) is 13.6. The normalized spacial score (nSPS) is 10.6. The molecule has 0 bridgehead atoms. The summed E-state index contributed by atoms with van der Waals surface area (Å²) in [5.74, 6) is 0.166. The van der Waals surface area contributed by atoms with Crippen LogP contribution in [-0.2, 0) is 0 Å². The number of aryl methyl sites for hydroxylation is 2. The zero-order chi connectivity index (χ0) is 19.7. The summed E-state index contributed by atoms with van der Waals surface area (Å²) in [6.45, 7) is 4.20. The maximum Gasteiger partial charge on any atom is 0.256 e. The van der Waals surface area contributed by atoms with Crippen LogP contribution in [-0.4, -0.2) is 16.1 Å². The van der Waals surface area contributed by atoms with E-state index in [1.165, 1.54) is 16.7 Å². The summed E-state index contributed by atoms with van der Waals surface area (Å²) in [6.07, 6.45) is 0. The SMILES string of the molecule is Cc1cccc(C)c1-c1ccc2c(NC(=O)c3cccc(C#N)c3)n[nH]c2c1. The minimum atomic E-state index is -0.302.